The molecule has 0 spiro atoms. The maximum atomic E-state index is 12.5. The van der Waals surface area contributed by atoms with Gasteiger partial charge in [-0.1, -0.05) is 19.9 Å². The Bertz CT molecular complexity index is 792. The van der Waals surface area contributed by atoms with Crippen LogP contribution in [0.4, 0.5) is 5.69 Å². The van der Waals surface area contributed by atoms with Crippen LogP contribution in [0.1, 0.15) is 41.0 Å². The van der Waals surface area contributed by atoms with E-state index in [2.05, 4.69) is 29.5 Å². The number of aromatic nitrogens is 1. The lowest BCUT2D eigenvalue weighted by atomic mass is 9.93. The molecule has 2 amide bonds. The lowest BCUT2D eigenvalue weighted by Crippen LogP contribution is -2.34. The molecule has 0 saturated carbocycles. The summed E-state index contributed by atoms with van der Waals surface area (Å²) in [5.74, 6) is 0.355. The Morgan fingerprint density at radius 2 is 2.00 bits per heavy atom. The molecule has 0 bridgehead atoms. The molecule has 2 heterocycles. The Hall–Kier alpha value is -2.73. The lowest BCUT2D eigenvalue weighted by Gasteiger charge is -2.22. The van der Waals surface area contributed by atoms with E-state index in [-0.39, 0.29) is 17.9 Å². The van der Waals surface area contributed by atoms with E-state index in [1.165, 1.54) is 6.20 Å². The van der Waals surface area contributed by atoms with Crippen LogP contribution in [-0.4, -0.2) is 36.1 Å². The number of benzene rings is 1. The Kier molecular flexibility index (Phi) is 6.19. The second-order valence-electron chi connectivity index (χ2n) is 7.11. The van der Waals surface area contributed by atoms with Gasteiger partial charge in [0, 0.05) is 42.7 Å². The van der Waals surface area contributed by atoms with E-state index < -0.39 is 0 Å². The molecule has 1 aliphatic rings. The molecule has 0 radical (unpaired) electrons. The number of carbonyl (C=O) groups excluding carboxylic acids is 2. The highest BCUT2D eigenvalue weighted by Gasteiger charge is 2.30. The molecule has 1 saturated heterocycles. The van der Waals surface area contributed by atoms with Gasteiger partial charge in [-0.05, 0) is 42.7 Å². The zero-order valence-electron chi connectivity index (χ0n) is 15.6. The zero-order valence-corrected chi connectivity index (χ0v) is 15.6. The molecule has 2 N–H and O–H groups in total. The second-order valence-corrected chi connectivity index (χ2v) is 7.11. The fraction of sp³-hybridized carbons (Fsp3) is 0.381. The van der Waals surface area contributed by atoms with E-state index in [1.54, 1.807) is 42.6 Å². The van der Waals surface area contributed by atoms with Crippen LogP contribution in [0, 0.1) is 11.8 Å². The maximum Gasteiger partial charge on any atom is 0.257 e. The Morgan fingerprint density at radius 3 is 2.74 bits per heavy atom. The molecule has 0 unspecified atom stereocenters. The van der Waals surface area contributed by atoms with Gasteiger partial charge >= 0.3 is 0 Å². The van der Waals surface area contributed by atoms with Gasteiger partial charge in [-0.3, -0.25) is 14.6 Å². The van der Waals surface area contributed by atoms with Crippen LogP contribution in [0.2, 0.25) is 0 Å². The Labute approximate surface area is 159 Å². The maximum absolute atomic E-state index is 12.5. The molecule has 3 rings (SSSR count). The minimum atomic E-state index is -0.261. The highest BCUT2D eigenvalue weighted by molar-refractivity contribution is 6.04. The van der Waals surface area contributed by atoms with E-state index in [0.717, 1.165) is 13.0 Å². The minimum absolute atomic E-state index is 0.151. The van der Waals surface area contributed by atoms with Crippen LogP contribution in [0.5, 0.6) is 0 Å². The van der Waals surface area contributed by atoms with Gasteiger partial charge in [-0.25, -0.2) is 0 Å². The van der Waals surface area contributed by atoms with Crippen LogP contribution in [0.25, 0.3) is 0 Å². The second kappa shape index (κ2) is 8.77. The average molecular weight is 367 g/mol. The molecular weight excluding hydrogens is 342 g/mol. The number of amides is 2. The first-order chi connectivity index (χ1) is 13.0. The van der Waals surface area contributed by atoms with Gasteiger partial charge in [0.25, 0.3) is 11.8 Å². The van der Waals surface area contributed by atoms with E-state index in [9.17, 15) is 9.59 Å². The molecule has 2 aromatic rings. The molecule has 1 aliphatic heterocycles. The molecule has 27 heavy (non-hydrogen) atoms. The summed E-state index contributed by atoms with van der Waals surface area (Å²) in [5, 5.41) is 5.79. The van der Waals surface area contributed by atoms with Gasteiger partial charge in [-0.2, -0.15) is 0 Å². The van der Waals surface area contributed by atoms with Crippen molar-refractivity contribution in [2.24, 2.45) is 11.8 Å². The SMILES string of the molecule is CC(C)[C@@H]1OCC[C@H]1CNC(=O)c1cccc(NC(=O)c2cccnc2)c1. The molecule has 142 valence electrons. The smallest absolute Gasteiger partial charge is 0.257 e. The van der Waals surface area contributed by atoms with Gasteiger partial charge in [0.1, 0.15) is 0 Å². The predicted octanol–water partition coefficient (Wildman–Crippen LogP) is 3.12. The molecule has 6 nitrogen and oxygen atoms in total. The number of hydrogen-bond donors (Lipinski definition) is 2. The van der Waals surface area contributed by atoms with Gasteiger partial charge in [0.15, 0.2) is 0 Å². The molecule has 1 aromatic heterocycles. The summed E-state index contributed by atoms with van der Waals surface area (Å²) in [4.78, 5) is 28.7. The van der Waals surface area contributed by atoms with Crippen LogP contribution in [0.3, 0.4) is 0 Å². The van der Waals surface area contributed by atoms with Crippen molar-refractivity contribution < 1.29 is 14.3 Å². The highest BCUT2D eigenvalue weighted by atomic mass is 16.5. The summed E-state index contributed by atoms with van der Waals surface area (Å²) in [6, 6.07) is 10.3. The van der Waals surface area contributed by atoms with Crippen molar-refractivity contribution in [2.45, 2.75) is 26.4 Å². The predicted molar refractivity (Wildman–Crippen MR) is 104 cm³/mol. The normalized spacial score (nSPS) is 19.1. The molecule has 1 fully saturated rings. The van der Waals surface area contributed by atoms with Crippen molar-refractivity contribution >= 4 is 17.5 Å². The number of carbonyl (C=O) groups is 2. The van der Waals surface area contributed by atoms with Crippen molar-refractivity contribution in [3.05, 3.63) is 59.9 Å². The first kappa shape index (κ1) is 19.0. The third kappa shape index (κ3) is 4.92. The zero-order chi connectivity index (χ0) is 19.2. The summed E-state index contributed by atoms with van der Waals surface area (Å²) >= 11 is 0. The quantitative estimate of drug-likeness (QED) is 0.822. The fourth-order valence-corrected chi connectivity index (χ4v) is 3.38. The van der Waals surface area contributed by atoms with E-state index in [4.69, 9.17) is 4.74 Å². The molecule has 0 aliphatic carbocycles. The number of rotatable bonds is 6. The third-order valence-electron chi connectivity index (χ3n) is 4.75. The Balaban J connectivity index is 1.59. The average Bonchev–Trinajstić information content (AvgIpc) is 3.16. The number of pyridine rings is 1. The summed E-state index contributed by atoms with van der Waals surface area (Å²) in [6.07, 6.45) is 4.27. The highest BCUT2D eigenvalue weighted by Crippen LogP contribution is 2.26. The number of ether oxygens (including phenoxy) is 1. The van der Waals surface area contributed by atoms with Crippen molar-refractivity contribution in [3.63, 3.8) is 0 Å². The van der Waals surface area contributed by atoms with Crippen molar-refractivity contribution in [2.75, 3.05) is 18.5 Å². The number of anilines is 1. The lowest BCUT2D eigenvalue weighted by molar-refractivity contribution is 0.0533. The van der Waals surface area contributed by atoms with Crippen molar-refractivity contribution in [3.8, 4) is 0 Å². The van der Waals surface area contributed by atoms with Gasteiger partial charge < -0.3 is 15.4 Å². The molecule has 1 aromatic carbocycles. The first-order valence-electron chi connectivity index (χ1n) is 9.26. The summed E-state index contributed by atoms with van der Waals surface area (Å²) in [5.41, 5.74) is 1.55. The first-order valence-corrected chi connectivity index (χ1v) is 9.26. The van der Waals surface area contributed by atoms with Crippen LogP contribution >= 0.6 is 0 Å². The summed E-state index contributed by atoms with van der Waals surface area (Å²) in [6.45, 7) is 5.62. The van der Waals surface area contributed by atoms with E-state index in [1.807, 2.05) is 0 Å². The number of nitrogens with one attached hydrogen (secondary N) is 2. The number of nitrogens with zero attached hydrogens (tertiary/aromatic N) is 1. The number of hydrogen-bond acceptors (Lipinski definition) is 4. The third-order valence-corrected chi connectivity index (χ3v) is 4.75. The molecule has 2 atom stereocenters. The summed E-state index contributed by atoms with van der Waals surface area (Å²) < 4.78 is 5.77. The van der Waals surface area contributed by atoms with Crippen molar-refractivity contribution in [1.82, 2.24) is 10.3 Å². The largest absolute Gasteiger partial charge is 0.378 e. The molecule has 6 heteroatoms. The van der Waals surface area contributed by atoms with Gasteiger partial charge in [0.05, 0.1) is 11.7 Å². The van der Waals surface area contributed by atoms with Crippen LogP contribution in [-0.2, 0) is 4.74 Å². The van der Waals surface area contributed by atoms with Crippen molar-refractivity contribution in [1.29, 1.82) is 0 Å². The standard InChI is InChI=1S/C21H25N3O3/c1-14(2)19-16(8-10-27-19)13-23-20(25)15-5-3-7-18(11-15)24-21(26)17-6-4-9-22-12-17/h3-7,9,11-12,14,16,19H,8,10,13H2,1-2H3,(H,23,25)(H,24,26)/t16-,19-/m0/s1. The monoisotopic (exact) mass is 367 g/mol. The van der Waals surface area contributed by atoms with E-state index in [0.29, 0.717) is 35.2 Å². The Morgan fingerprint density at radius 1 is 1.19 bits per heavy atom. The minimum Gasteiger partial charge on any atom is -0.378 e. The van der Waals surface area contributed by atoms with Crippen LogP contribution in [0.15, 0.2) is 48.8 Å². The summed E-state index contributed by atoms with van der Waals surface area (Å²) in [7, 11) is 0. The fourth-order valence-electron chi connectivity index (χ4n) is 3.38. The van der Waals surface area contributed by atoms with Gasteiger partial charge in [0.2, 0.25) is 0 Å². The molecular formula is C21H25N3O3. The van der Waals surface area contributed by atoms with Crippen LogP contribution < -0.4 is 10.6 Å². The van der Waals surface area contributed by atoms with E-state index >= 15 is 0 Å². The van der Waals surface area contributed by atoms with Gasteiger partial charge in [-0.15, -0.1) is 0 Å². The topological polar surface area (TPSA) is 80.3 Å².